The molecule has 30 heavy (non-hydrogen) atoms. The number of sulfone groups is 1. The number of hydrogen-bond acceptors (Lipinski definition) is 7. The van der Waals surface area contributed by atoms with Gasteiger partial charge in [0.15, 0.2) is 15.5 Å². The fourth-order valence-electron chi connectivity index (χ4n) is 3.78. The average molecular weight is 435 g/mol. The van der Waals surface area contributed by atoms with Crippen molar-refractivity contribution in [2.45, 2.75) is 29.7 Å². The van der Waals surface area contributed by atoms with E-state index in [9.17, 15) is 22.0 Å². The van der Waals surface area contributed by atoms with Gasteiger partial charge >= 0.3 is 0 Å². The normalized spacial score (nSPS) is 24.0. The van der Waals surface area contributed by atoms with Crippen molar-refractivity contribution < 1.29 is 22.0 Å². The van der Waals surface area contributed by atoms with Crippen molar-refractivity contribution in [2.75, 3.05) is 11.1 Å². The Morgan fingerprint density at radius 1 is 1.17 bits per heavy atom. The molecule has 2 heterocycles. The smallest absolute Gasteiger partial charge is 0.274 e. The van der Waals surface area contributed by atoms with Gasteiger partial charge in [0.05, 0.1) is 11.9 Å². The van der Waals surface area contributed by atoms with E-state index in [0.29, 0.717) is 19.3 Å². The van der Waals surface area contributed by atoms with Gasteiger partial charge in [-0.25, -0.2) is 27.2 Å². The van der Waals surface area contributed by atoms with Crippen LogP contribution in [0, 0.1) is 11.6 Å². The Bertz CT molecular complexity index is 1160. The Morgan fingerprint density at radius 2 is 1.90 bits per heavy atom. The van der Waals surface area contributed by atoms with Gasteiger partial charge in [0.1, 0.15) is 27.9 Å². The predicted molar refractivity (Wildman–Crippen MR) is 106 cm³/mol. The van der Waals surface area contributed by atoms with E-state index in [4.69, 9.17) is 11.5 Å². The molecule has 1 atom stereocenters. The van der Waals surface area contributed by atoms with Crippen molar-refractivity contribution in [1.82, 2.24) is 4.98 Å². The summed E-state index contributed by atoms with van der Waals surface area (Å²) in [7, 11) is -3.77. The topological polar surface area (TPSA) is 141 Å². The molecule has 2 aromatic rings. The molecule has 11 heteroatoms. The minimum atomic E-state index is -3.77. The number of nitrogens with zero attached hydrogens (tertiary/aromatic N) is 2. The van der Waals surface area contributed by atoms with Crippen LogP contribution in [0.1, 0.15) is 35.3 Å². The summed E-state index contributed by atoms with van der Waals surface area (Å²) >= 11 is 0. The second-order valence-electron chi connectivity index (χ2n) is 7.54. The molecule has 4 rings (SSSR count). The molecule has 0 unspecified atom stereocenters. The average Bonchev–Trinajstić information content (AvgIpc) is 2.61. The number of aromatic nitrogens is 1. The molecule has 1 saturated carbocycles. The molecule has 5 N–H and O–H groups in total. The van der Waals surface area contributed by atoms with Crippen LogP contribution in [0.4, 0.5) is 14.5 Å². The molecule has 0 radical (unpaired) electrons. The van der Waals surface area contributed by atoms with Gasteiger partial charge in [-0.1, -0.05) is 0 Å². The minimum Gasteiger partial charge on any atom is -0.386 e. The maximum Gasteiger partial charge on any atom is 0.274 e. The summed E-state index contributed by atoms with van der Waals surface area (Å²) in [4.78, 5) is 20.2. The van der Waals surface area contributed by atoms with Crippen LogP contribution >= 0.6 is 0 Å². The molecule has 0 saturated heterocycles. The highest BCUT2D eigenvalue weighted by Crippen LogP contribution is 2.45. The van der Waals surface area contributed by atoms with Crippen LogP contribution in [-0.2, 0) is 15.5 Å². The minimum absolute atomic E-state index is 0.0563. The van der Waals surface area contributed by atoms with Crippen LogP contribution in [0.25, 0.3) is 0 Å². The van der Waals surface area contributed by atoms with Gasteiger partial charge in [-0.05, 0) is 49.6 Å². The van der Waals surface area contributed by atoms with Gasteiger partial charge in [-0.2, -0.15) is 0 Å². The Balaban J connectivity index is 1.68. The first-order valence-corrected chi connectivity index (χ1v) is 10.8. The molecule has 2 aliphatic rings. The first-order chi connectivity index (χ1) is 14.1. The van der Waals surface area contributed by atoms with Crippen molar-refractivity contribution >= 4 is 27.3 Å². The number of hydrogen-bond donors (Lipinski definition) is 3. The largest absolute Gasteiger partial charge is 0.386 e. The van der Waals surface area contributed by atoms with E-state index >= 15 is 0 Å². The summed E-state index contributed by atoms with van der Waals surface area (Å²) in [6, 6.07) is 5.80. The number of anilines is 1. The maximum atomic E-state index is 14.6. The molecule has 8 nitrogen and oxygen atoms in total. The van der Waals surface area contributed by atoms with E-state index in [2.05, 4.69) is 15.3 Å². The number of aliphatic imine (C=N–C) groups is 1. The summed E-state index contributed by atoms with van der Waals surface area (Å²) in [5, 5.41) is 2.50. The van der Waals surface area contributed by atoms with Gasteiger partial charge in [0.25, 0.3) is 5.91 Å². The summed E-state index contributed by atoms with van der Waals surface area (Å²) < 4.78 is 52.2. The third-order valence-electron chi connectivity index (χ3n) is 5.60. The van der Waals surface area contributed by atoms with Crippen LogP contribution in [0.5, 0.6) is 0 Å². The predicted octanol–water partition coefficient (Wildman–Crippen LogP) is 1.43. The fourth-order valence-corrected chi connectivity index (χ4v) is 6.13. The number of carbonyl (C=O) groups excluding carboxylic acids is 1. The van der Waals surface area contributed by atoms with Gasteiger partial charge in [-0.15, -0.1) is 0 Å². The molecule has 1 aliphatic carbocycles. The zero-order valence-electron chi connectivity index (χ0n) is 15.7. The highest BCUT2D eigenvalue weighted by atomic mass is 32.2. The van der Waals surface area contributed by atoms with Gasteiger partial charge in [0.2, 0.25) is 0 Å². The molecule has 158 valence electrons. The lowest BCUT2D eigenvalue weighted by Gasteiger charge is -2.46. The number of halogens is 2. The van der Waals surface area contributed by atoms with Crippen molar-refractivity contribution in [3.8, 4) is 0 Å². The quantitative estimate of drug-likeness (QED) is 0.666. The second kappa shape index (κ2) is 6.81. The van der Waals surface area contributed by atoms with Crippen LogP contribution in [0.3, 0.4) is 0 Å². The molecule has 1 spiro atoms. The molecule has 1 fully saturated rings. The van der Waals surface area contributed by atoms with E-state index in [1.165, 1.54) is 18.2 Å². The van der Waals surface area contributed by atoms with E-state index < -0.39 is 43.5 Å². The van der Waals surface area contributed by atoms with E-state index in [1.807, 2.05) is 0 Å². The van der Waals surface area contributed by atoms with Crippen LogP contribution < -0.4 is 16.8 Å². The Labute approximate surface area is 171 Å². The van der Waals surface area contributed by atoms with Crippen molar-refractivity contribution in [3.63, 3.8) is 0 Å². The number of amidine groups is 1. The summed E-state index contributed by atoms with van der Waals surface area (Å²) in [5.74, 6) is -2.77. The Hall–Kier alpha value is -2.92. The molecule has 1 aromatic carbocycles. The summed E-state index contributed by atoms with van der Waals surface area (Å²) in [5.41, 5.74) is 10.1. The number of rotatable bonds is 3. The van der Waals surface area contributed by atoms with Crippen LogP contribution in [0.2, 0.25) is 0 Å². The summed E-state index contributed by atoms with van der Waals surface area (Å²) in [6.07, 6.45) is 2.33. The third-order valence-corrected chi connectivity index (χ3v) is 8.23. The standard InChI is InChI=1S/C19H19F2N5O3S/c20-11-2-5-15(24-9-11)16(27)25-12-3-4-14(21)13(8-12)19(23)10-30(28,29)18(6-1-7-18)17(22)26-19/h2-5,8-9H,1,6-7,10,23H2,(H2,22,26)(H,25,27)/t19-/m0/s1. The first kappa shape index (κ1) is 20.4. The van der Waals surface area contributed by atoms with Gasteiger partial charge in [0, 0.05) is 11.3 Å². The molecular weight excluding hydrogens is 416 g/mol. The van der Waals surface area contributed by atoms with Crippen LogP contribution in [0.15, 0.2) is 41.5 Å². The molecule has 1 aliphatic heterocycles. The zero-order chi connectivity index (χ0) is 21.7. The molecular formula is C19H19F2N5O3S. The van der Waals surface area contributed by atoms with Gasteiger partial charge < -0.3 is 16.8 Å². The number of benzene rings is 1. The maximum absolute atomic E-state index is 14.6. The second-order valence-corrected chi connectivity index (χ2v) is 9.84. The number of amides is 1. The number of nitrogens with two attached hydrogens (primary N) is 2. The van der Waals surface area contributed by atoms with Crippen molar-refractivity contribution in [2.24, 2.45) is 16.5 Å². The Kier molecular flexibility index (Phi) is 4.62. The van der Waals surface area contributed by atoms with Crippen LogP contribution in [-0.4, -0.2) is 35.6 Å². The fraction of sp³-hybridized carbons (Fsp3) is 0.316. The van der Waals surface area contributed by atoms with Gasteiger partial charge in [-0.3, -0.25) is 4.79 Å². The SMILES string of the molecule is NC1=N[C@](N)(c2cc(NC(=O)c3ccc(F)cn3)ccc2F)CS(=O)(=O)C12CCC2. The Morgan fingerprint density at radius 3 is 2.47 bits per heavy atom. The van der Waals surface area contributed by atoms with Crippen molar-refractivity contribution in [3.05, 3.63) is 59.4 Å². The zero-order valence-corrected chi connectivity index (χ0v) is 16.5. The van der Waals surface area contributed by atoms with Crippen molar-refractivity contribution in [1.29, 1.82) is 0 Å². The highest BCUT2D eigenvalue weighted by Gasteiger charge is 2.58. The first-order valence-electron chi connectivity index (χ1n) is 9.16. The number of pyridine rings is 1. The lowest BCUT2D eigenvalue weighted by atomic mass is 9.82. The lowest BCUT2D eigenvalue weighted by molar-refractivity contribution is 0.102. The summed E-state index contributed by atoms with van der Waals surface area (Å²) in [6.45, 7) is 0. The number of carbonyl (C=O) groups is 1. The molecule has 1 amide bonds. The monoisotopic (exact) mass is 435 g/mol. The van der Waals surface area contributed by atoms with E-state index in [0.717, 1.165) is 18.3 Å². The number of nitrogens with one attached hydrogen (secondary N) is 1. The third kappa shape index (κ3) is 3.14. The van der Waals surface area contributed by atoms with E-state index in [-0.39, 0.29) is 22.8 Å². The molecule has 0 bridgehead atoms. The molecule has 1 aromatic heterocycles. The van der Waals surface area contributed by atoms with E-state index in [1.54, 1.807) is 0 Å². The highest BCUT2D eigenvalue weighted by molar-refractivity contribution is 7.93. The lowest BCUT2D eigenvalue weighted by Crippen LogP contribution is -2.64.